The minimum atomic E-state index is 0.135. The Labute approximate surface area is 129 Å². The molecular formula is C17H31N3O. The van der Waals surface area contributed by atoms with Crippen LogP contribution in [0.25, 0.3) is 0 Å². The molecule has 0 radical (unpaired) electrons. The zero-order valence-corrected chi connectivity index (χ0v) is 14.5. The lowest BCUT2D eigenvalue weighted by Crippen LogP contribution is -2.48. The fraction of sp³-hybridized carbons (Fsp3) is 0.824. The van der Waals surface area contributed by atoms with Gasteiger partial charge in [0.15, 0.2) is 0 Å². The second-order valence-electron chi connectivity index (χ2n) is 7.51. The second-order valence-corrected chi connectivity index (χ2v) is 7.51. The molecule has 2 unspecified atom stereocenters. The van der Waals surface area contributed by atoms with Crippen LogP contribution in [0, 0.1) is 5.41 Å². The average molecular weight is 293 g/mol. The van der Waals surface area contributed by atoms with Crippen LogP contribution in [0.3, 0.4) is 0 Å². The van der Waals surface area contributed by atoms with Crippen molar-refractivity contribution in [1.29, 1.82) is 0 Å². The van der Waals surface area contributed by atoms with Crippen LogP contribution in [0.1, 0.15) is 52.4 Å². The van der Waals surface area contributed by atoms with Crippen molar-refractivity contribution in [3.8, 4) is 0 Å². The highest BCUT2D eigenvalue weighted by atomic mass is 16.5. The van der Waals surface area contributed by atoms with E-state index in [0.29, 0.717) is 0 Å². The topological polar surface area (TPSA) is 39.1 Å². The molecule has 1 aliphatic heterocycles. The molecule has 120 valence electrons. The molecule has 0 aromatic carbocycles. The van der Waals surface area contributed by atoms with Gasteiger partial charge in [-0.05, 0) is 53.0 Å². The standard InChI is InChI=1S/C17H31N3O/c1-7-14-10-15(20(6)19-14)11-17(8-9-21-13(17)2)12-18-16(3,4)5/h10,13,18H,7-9,11-12H2,1-6H3. The highest BCUT2D eigenvalue weighted by Gasteiger charge is 2.42. The van der Waals surface area contributed by atoms with Gasteiger partial charge >= 0.3 is 0 Å². The molecule has 2 rings (SSSR count). The summed E-state index contributed by atoms with van der Waals surface area (Å²) in [7, 11) is 2.06. The Hall–Kier alpha value is -0.870. The van der Waals surface area contributed by atoms with Gasteiger partial charge in [0, 0.05) is 36.8 Å². The van der Waals surface area contributed by atoms with Crippen LogP contribution in [0.5, 0.6) is 0 Å². The van der Waals surface area contributed by atoms with Crippen molar-refractivity contribution in [1.82, 2.24) is 15.1 Å². The minimum absolute atomic E-state index is 0.135. The van der Waals surface area contributed by atoms with Gasteiger partial charge in [0.05, 0.1) is 11.8 Å². The molecule has 1 N–H and O–H groups in total. The Bertz CT molecular complexity index is 475. The molecule has 0 spiro atoms. The highest BCUT2D eigenvalue weighted by molar-refractivity contribution is 5.14. The lowest BCUT2D eigenvalue weighted by molar-refractivity contribution is 0.0588. The van der Waals surface area contributed by atoms with Crippen molar-refractivity contribution in [3.05, 3.63) is 17.5 Å². The third-order valence-electron chi connectivity index (χ3n) is 4.72. The Morgan fingerprint density at radius 2 is 2.19 bits per heavy atom. The summed E-state index contributed by atoms with van der Waals surface area (Å²) < 4.78 is 7.95. The van der Waals surface area contributed by atoms with Gasteiger partial charge in [-0.1, -0.05) is 6.92 Å². The molecule has 2 atom stereocenters. The summed E-state index contributed by atoms with van der Waals surface area (Å²) in [5, 5.41) is 8.28. The Balaban J connectivity index is 2.18. The van der Waals surface area contributed by atoms with Crippen LogP contribution < -0.4 is 5.32 Å². The SMILES string of the molecule is CCc1cc(CC2(CNC(C)(C)C)CCOC2C)n(C)n1. The first-order chi connectivity index (χ1) is 9.76. The van der Waals surface area contributed by atoms with Crippen molar-refractivity contribution < 1.29 is 4.74 Å². The summed E-state index contributed by atoms with van der Waals surface area (Å²) in [6, 6.07) is 2.25. The molecule has 0 aliphatic carbocycles. The molecule has 2 heterocycles. The van der Waals surface area contributed by atoms with Gasteiger partial charge in [-0.25, -0.2) is 0 Å². The van der Waals surface area contributed by atoms with E-state index < -0.39 is 0 Å². The average Bonchev–Trinajstić information content (AvgIpc) is 2.92. The smallest absolute Gasteiger partial charge is 0.0624 e. The van der Waals surface area contributed by atoms with Crippen LogP contribution >= 0.6 is 0 Å². The summed E-state index contributed by atoms with van der Waals surface area (Å²) in [4.78, 5) is 0. The zero-order chi connectivity index (χ0) is 15.7. The monoisotopic (exact) mass is 293 g/mol. The predicted octanol–water partition coefficient (Wildman–Crippen LogP) is 2.71. The predicted molar refractivity (Wildman–Crippen MR) is 86.5 cm³/mol. The van der Waals surface area contributed by atoms with Crippen LogP contribution in [0.4, 0.5) is 0 Å². The van der Waals surface area contributed by atoms with E-state index in [1.165, 1.54) is 11.4 Å². The first-order valence-corrected chi connectivity index (χ1v) is 8.14. The molecule has 1 saturated heterocycles. The number of aromatic nitrogens is 2. The van der Waals surface area contributed by atoms with Crippen LogP contribution in [-0.2, 0) is 24.6 Å². The summed E-state index contributed by atoms with van der Waals surface area (Å²) >= 11 is 0. The quantitative estimate of drug-likeness (QED) is 0.907. The van der Waals surface area contributed by atoms with Gasteiger partial charge < -0.3 is 10.1 Å². The lowest BCUT2D eigenvalue weighted by Gasteiger charge is -2.35. The first-order valence-electron chi connectivity index (χ1n) is 8.14. The van der Waals surface area contributed by atoms with Crippen LogP contribution in [0.2, 0.25) is 0 Å². The molecule has 21 heavy (non-hydrogen) atoms. The molecule has 1 aromatic rings. The normalized spacial score (nSPS) is 26.5. The van der Waals surface area contributed by atoms with E-state index in [-0.39, 0.29) is 17.1 Å². The summed E-state index contributed by atoms with van der Waals surface area (Å²) in [5.41, 5.74) is 2.81. The molecule has 4 heteroatoms. The van der Waals surface area contributed by atoms with Gasteiger partial charge in [-0.2, -0.15) is 5.10 Å². The molecule has 0 bridgehead atoms. The van der Waals surface area contributed by atoms with Gasteiger partial charge in [0.25, 0.3) is 0 Å². The fourth-order valence-corrected chi connectivity index (χ4v) is 3.06. The van der Waals surface area contributed by atoms with E-state index in [1.807, 2.05) is 4.68 Å². The van der Waals surface area contributed by atoms with E-state index in [2.05, 4.69) is 58.1 Å². The molecule has 0 amide bonds. The zero-order valence-electron chi connectivity index (χ0n) is 14.5. The van der Waals surface area contributed by atoms with E-state index in [0.717, 1.165) is 32.4 Å². The van der Waals surface area contributed by atoms with Crippen molar-refractivity contribution in [3.63, 3.8) is 0 Å². The van der Waals surface area contributed by atoms with Crippen molar-refractivity contribution in [2.75, 3.05) is 13.2 Å². The summed E-state index contributed by atoms with van der Waals surface area (Å²) in [6.07, 6.45) is 3.42. The number of hydrogen-bond acceptors (Lipinski definition) is 3. The Morgan fingerprint density at radius 3 is 2.67 bits per heavy atom. The number of ether oxygens (including phenoxy) is 1. The molecule has 4 nitrogen and oxygen atoms in total. The van der Waals surface area contributed by atoms with Gasteiger partial charge in [-0.3, -0.25) is 4.68 Å². The van der Waals surface area contributed by atoms with Crippen LogP contribution in [0.15, 0.2) is 6.07 Å². The molecule has 1 fully saturated rings. The van der Waals surface area contributed by atoms with Gasteiger partial charge in [0.1, 0.15) is 0 Å². The van der Waals surface area contributed by atoms with E-state index in [9.17, 15) is 0 Å². The lowest BCUT2D eigenvalue weighted by atomic mass is 9.76. The maximum atomic E-state index is 5.91. The van der Waals surface area contributed by atoms with E-state index in [4.69, 9.17) is 4.74 Å². The number of nitrogens with one attached hydrogen (secondary N) is 1. The Morgan fingerprint density at radius 1 is 1.48 bits per heavy atom. The molecule has 1 aromatic heterocycles. The van der Waals surface area contributed by atoms with Crippen molar-refractivity contribution in [2.45, 2.75) is 65.5 Å². The van der Waals surface area contributed by atoms with E-state index >= 15 is 0 Å². The highest BCUT2D eigenvalue weighted by Crippen LogP contribution is 2.38. The maximum Gasteiger partial charge on any atom is 0.0624 e. The number of nitrogens with zero attached hydrogens (tertiary/aromatic N) is 2. The first kappa shape index (κ1) is 16.5. The maximum absolute atomic E-state index is 5.91. The summed E-state index contributed by atoms with van der Waals surface area (Å²) in [5.74, 6) is 0. The minimum Gasteiger partial charge on any atom is -0.378 e. The number of aryl methyl sites for hydroxylation is 2. The van der Waals surface area contributed by atoms with E-state index in [1.54, 1.807) is 0 Å². The second kappa shape index (κ2) is 6.09. The van der Waals surface area contributed by atoms with Crippen LogP contribution in [-0.4, -0.2) is 34.6 Å². The van der Waals surface area contributed by atoms with Crippen molar-refractivity contribution >= 4 is 0 Å². The van der Waals surface area contributed by atoms with Gasteiger partial charge in [-0.15, -0.1) is 0 Å². The summed E-state index contributed by atoms with van der Waals surface area (Å²) in [6.45, 7) is 12.9. The molecular weight excluding hydrogens is 262 g/mol. The third kappa shape index (κ3) is 3.86. The largest absolute Gasteiger partial charge is 0.378 e. The van der Waals surface area contributed by atoms with Crippen molar-refractivity contribution in [2.24, 2.45) is 12.5 Å². The number of rotatable bonds is 5. The molecule has 1 aliphatic rings. The fourth-order valence-electron chi connectivity index (χ4n) is 3.06. The molecule has 0 saturated carbocycles. The van der Waals surface area contributed by atoms with Gasteiger partial charge in [0.2, 0.25) is 0 Å². The Kier molecular flexibility index (Phi) is 4.79. The third-order valence-corrected chi connectivity index (χ3v) is 4.72. The number of hydrogen-bond donors (Lipinski definition) is 1.